The first-order chi connectivity index (χ1) is 13.6. The summed E-state index contributed by atoms with van der Waals surface area (Å²) in [5.41, 5.74) is 3.89. The van der Waals surface area contributed by atoms with Gasteiger partial charge in [-0.1, -0.05) is 23.7 Å². The third-order valence-electron chi connectivity index (χ3n) is 7.14. The summed E-state index contributed by atoms with van der Waals surface area (Å²) < 4.78 is 5.69. The Hall–Kier alpha value is -1.80. The van der Waals surface area contributed by atoms with E-state index in [9.17, 15) is 0 Å². The summed E-state index contributed by atoms with van der Waals surface area (Å²) in [4.78, 5) is 4.68. The van der Waals surface area contributed by atoms with Crippen molar-refractivity contribution < 1.29 is 4.74 Å². The van der Waals surface area contributed by atoms with E-state index >= 15 is 0 Å². The second-order valence-electron chi connectivity index (χ2n) is 9.12. The summed E-state index contributed by atoms with van der Waals surface area (Å²) in [6.45, 7) is 2.61. The summed E-state index contributed by atoms with van der Waals surface area (Å²) >= 11 is 6.15. The van der Waals surface area contributed by atoms with Crippen LogP contribution in [0.2, 0.25) is 5.02 Å². The minimum Gasteiger partial charge on any atom is -0.493 e. The predicted molar refractivity (Wildman–Crippen MR) is 116 cm³/mol. The van der Waals surface area contributed by atoms with Crippen LogP contribution in [0.4, 0.5) is 5.69 Å². The third-order valence-corrected chi connectivity index (χ3v) is 7.38. The lowest BCUT2D eigenvalue weighted by atomic mass is 9.48. The lowest BCUT2D eigenvalue weighted by Gasteiger charge is -2.57. The molecule has 6 rings (SSSR count). The molecule has 0 N–H and O–H groups in total. The van der Waals surface area contributed by atoms with E-state index in [4.69, 9.17) is 16.3 Å². The molecule has 0 spiro atoms. The molecular weight excluding hydrogens is 366 g/mol. The highest BCUT2D eigenvalue weighted by Crippen LogP contribution is 2.60. The van der Waals surface area contributed by atoms with Gasteiger partial charge in [0.15, 0.2) is 0 Å². The number of hydrogen-bond donors (Lipinski definition) is 0. The van der Waals surface area contributed by atoms with Gasteiger partial charge in [-0.3, -0.25) is 4.99 Å². The van der Waals surface area contributed by atoms with Gasteiger partial charge in [0.2, 0.25) is 0 Å². The highest BCUT2D eigenvalue weighted by molar-refractivity contribution is 6.30. The second kappa shape index (κ2) is 7.22. The molecule has 28 heavy (non-hydrogen) atoms. The van der Waals surface area contributed by atoms with E-state index in [1.807, 2.05) is 31.3 Å². The predicted octanol–water partition coefficient (Wildman–Crippen LogP) is 6.96. The lowest BCUT2D eigenvalue weighted by molar-refractivity contribution is -0.00518. The average Bonchev–Trinajstić information content (AvgIpc) is 2.68. The summed E-state index contributed by atoms with van der Waals surface area (Å²) in [5, 5.41) is 0.696. The molecule has 146 valence electrons. The number of halogens is 1. The molecule has 2 aromatic carbocycles. The van der Waals surface area contributed by atoms with Crippen molar-refractivity contribution in [1.29, 1.82) is 0 Å². The van der Waals surface area contributed by atoms with Gasteiger partial charge < -0.3 is 4.74 Å². The molecule has 4 saturated carbocycles. The monoisotopic (exact) mass is 393 g/mol. The first kappa shape index (κ1) is 18.2. The Kier molecular flexibility index (Phi) is 4.71. The van der Waals surface area contributed by atoms with Crippen LogP contribution < -0.4 is 4.74 Å². The Morgan fingerprint density at radius 2 is 1.64 bits per heavy atom. The smallest absolute Gasteiger partial charge is 0.128 e. The van der Waals surface area contributed by atoms with Crippen LogP contribution in [0.1, 0.15) is 56.6 Å². The van der Waals surface area contributed by atoms with Crippen LogP contribution >= 0.6 is 11.6 Å². The van der Waals surface area contributed by atoms with E-state index in [0.717, 1.165) is 34.8 Å². The molecule has 4 fully saturated rings. The maximum atomic E-state index is 6.15. The maximum absolute atomic E-state index is 6.15. The van der Waals surface area contributed by atoms with E-state index < -0.39 is 0 Å². The molecule has 0 saturated heterocycles. The van der Waals surface area contributed by atoms with Gasteiger partial charge in [-0.25, -0.2) is 0 Å². The van der Waals surface area contributed by atoms with Crippen molar-refractivity contribution in [2.24, 2.45) is 22.7 Å². The van der Waals surface area contributed by atoms with Crippen molar-refractivity contribution in [3.05, 3.63) is 58.6 Å². The zero-order chi connectivity index (χ0) is 19.1. The van der Waals surface area contributed by atoms with Gasteiger partial charge in [-0.05, 0) is 105 Å². The molecule has 0 atom stereocenters. The minimum atomic E-state index is 0.450. The van der Waals surface area contributed by atoms with Crippen LogP contribution in [0, 0.1) is 17.8 Å². The van der Waals surface area contributed by atoms with Gasteiger partial charge in [-0.2, -0.15) is 0 Å². The highest BCUT2D eigenvalue weighted by atomic mass is 35.5. The van der Waals surface area contributed by atoms with Gasteiger partial charge in [0.25, 0.3) is 0 Å². The van der Waals surface area contributed by atoms with Crippen molar-refractivity contribution in [1.82, 2.24) is 0 Å². The van der Waals surface area contributed by atoms with Gasteiger partial charge in [-0.15, -0.1) is 0 Å². The summed E-state index contributed by atoms with van der Waals surface area (Å²) in [6, 6.07) is 14.7. The Bertz CT molecular complexity index is 851. The number of rotatable bonds is 5. The molecule has 0 aromatic heterocycles. The first-order valence-corrected chi connectivity index (χ1v) is 11.1. The van der Waals surface area contributed by atoms with Crippen LogP contribution in [-0.2, 0) is 5.41 Å². The quantitative estimate of drug-likeness (QED) is 0.503. The van der Waals surface area contributed by atoms with Crippen LogP contribution in [0.3, 0.4) is 0 Å². The Morgan fingerprint density at radius 1 is 1.00 bits per heavy atom. The summed E-state index contributed by atoms with van der Waals surface area (Å²) in [6.07, 6.45) is 10.5. The fraction of sp³-hybridized carbons (Fsp3) is 0.480. The van der Waals surface area contributed by atoms with Crippen molar-refractivity contribution in [3.63, 3.8) is 0 Å². The summed E-state index contributed by atoms with van der Waals surface area (Å²) in [7, 11) is 0. The molecule has 3 heteroatoms. The van der Waals surface area contributed by atoms with Gasteiger partial charge in [0, 0.05) is 16.8 Å². The molecule has 4 aliphatic rings. The van der Waals surface area contributed by atoms with E-state index in [1.165, 1.54) is 38.5 Å². The Balaban J connectivity index is 1.36. The van der Waals surface area contributed by atoms with Crippen LogP contribution in [0.15, 0.2) is 47.5 Å². The van der Waals surface area contributed by atoms with E-state index in [2.05, 4.69) is 29.3 Å². The Morgan fingerprint density at radius 3 is 2.25 bits per heavy atom. The number of hydrogen-bond acceptors (Lipinski definition) is 2. The van der Waals surface area contributed by atoms with Crippen LogP contribution in [0.25, 0.3) is 0 Å². The molecule has 0 unspecified atom stereocenters. The number of benzene rings is 2. The van der Waals surface area contributed by atoms with Crippen molar-refractivity contribution in [2.45, 2.75) is 50.9 Å². The molecule has 0 aliphatic heterocycles. The third kappa shape index (κ3) is 3.37. The molecule has 0 radical (unpaired) electrons. The highest BCUT2D eigenvalue weighted by Gasteiger charge is 2.51. The van der Waals surface area contributed by atoms with Gasteiger partial charge in [0.05, 0.1) is 12.3 Å². The minimum absolute atomic E-state index is 0.450. The number of ether oxygens (including phenoxy) is 1. The lowest BCUT2D eigenvalue weighted by Crippen LogP contribution is -2.48. The zero-order valence-corrected chi connectivity index (χ0v) is 17.3. The number of nitrogens with zero attached hydrogens (tertiary/aromatic N) is 1. The molecular formula is C25H28ClNO. The Labute approximate surface area is 173 Å². The molecule has 2 nitrogen and oxygen atoms in total. The van der Waals surface area contributed by atoms with Gasteiger partial charge >= 0.3 is 0 Å². The zero-order valence-electron chi connectivity index (χ0n) is 16.5. The molecule has 2 aromatic rings. The molecule has 4 aliphatic carbocycles. The van der Waals surface area contributed by atoms with Gasteiger partial charge in [0.1, 0.15) is 5.75 Å². The van der Waals surface area contributed by atoms with E-state index in [-0.39, 0.29) is 0 Å². The fourth-order valence-electron chi connectivity index (χ4n) is 6.42. The van der Waals surface area contributed by atoms with Crippen molar-refractivity contribution in [3.8, 4) is 5.75 Å². The summed E-state index contributed by atoms with van der Waals surface area (Å²) in [5.74, 6) is 3.75. The van der Waals surface area contributed by atoms with Crippen LogP contribution in [-0.4, -0.2) is 12.8 Å². The second-order valence-corrected chi connectivity index (χ2v) is 9.55. The SMILES string of the molecule is CCOc1ccc(Cl)cc1C=Nc1ccc(C23CC4CC(CC(C4)C2)C3)cc1. The van der Waals surface area contributed by atoms with Crippen molar-refractivity contribution >= 4 is 23.5 Å². The molecule has 4 bridgehead atoms. The molecule has 0 amide bonds. The number of aliphatic imine (C=N–C) groups is 1. The topological polar surface area (TPSA) is 21.6 Å². The standard InChI is InChI=1S/C25H28ClNO/c1-2-28-24-8-5-22(26)12-20(24)16-27-23-6-3-21(4-7-23)25-13-17-9-18(14-25)11-19(10-17)15-25/h3-8,12,16-19H,2,9-11,13-15H2,1H3. The normalized spacial score (nSPS) is 30.9. The van der Waals surface area contributed by atoms with E-state index in [0.29, 0.717) is 17.0 Å². The van der Waals surface area contributed by atoms with E-state index in [1.54, 1.807) is 5.56 Å². The molecule has 0 heterocycles. The largest absolute Gasteiger partial charge is 0.493 e. The fourth-order valence-corrected chi connectivity index (χ4v) is 6.60. The average molecular weight is 394 g/mol. The maximum Gasteiger partial charge on any atom is 0.128 e. The van der Waals surface area contributed by atoms with Crippen LogP contribution in [0.5, 0.6) is 5.75 Å². The van der Waals surface area contributed by atoms with Crippen molar-refractivity contribution in [2.75, 3.05) is 6.61 Å². The first-order valence-electron chi connectivity index (χ1n) is 10.7.